The number of hydrogen-bond donors (Lipinski definition) is 1. The van der Waals surface area contributed by atoms with Gasteiger partial charge in [-0.25, -0.2) is 23.5 Å². The molecule has 1 unspecified atom stereocenters. The lowest BCUT2D eigenvalue weighted by Gasteiger charge is -2.40. The molecule has 2 fully saturated rings. The van der Waals surface area contributed by atoms with Gasteiger partial charge in [-0.15, -0.1) is 0 Å². The van der Waals surface area contributed by atoms with Gasteiger partial charge in [-0.1, -0.05) is 13.8 Å². The number of rotatable bonds is 6. The number of methoxy groups -OCH3 is 1. The van der Waals surface area contributed by atoms with E-state index in [0.717, 1.165) is 48.8 Å². The van der Waals surface area contributed by atoms with Crippen LogP contribution in [0.4, 0.5) is 25.1 Å². The zero-order chi connectivity index (χ0) is 31.0. The van der Waals surface area contributed by atoms with Gasteiger partial charge in [-0.3, -0.25) is 4.79 Å². The Morgan fingerprint density at radius 3 is 2.48 bits per heavy atom. The van der Waals surface area contributed by atoms with E-state index in [-0.39, 0.29) is 29.2 Å². The van der Waals surface area contributed by atoms with Gasteiger partial charge in [-0.2, -0.15) is 0 Å². The molecule has 3 aromatic rings. The van der Waals surface area contributed by atoms with E-state index in [1.807, 2.05) is 23.1 Å². The van der Waals surface area contributed by atoms with E-state index in [0.29, 0.717) is 49.6 Å². The van der Waals surface area contributed by atoms with E-state index < -0.39 is 17.6 Å². The Labute approximate surface area is 256 Å². The summed E-state index contributed by atoms with van der Waals surface area (Å²) in [5, 5.41) is 3.06. The van der Waals surface area contributed by atoms with Gasteiger partial charge in [0.2, 0.25) is 0 Å². The van der Waals surface area contributed by atoms with Gasteiger partial charge in [0.25, 0.3) is 0 Å². The number of ketones is 1. The van der Waals surface area contributed by atoms with E-state index in [1.165, 1.54) is 18.5 Å². The van der Waals surface area contributed by atoms with Crippen LogP contribution >= 0.6 is 0 Å². The number of carbonyl (C=O) groups is 2. The summed E-state index contributed by atoms with van der Waals surface area (Å²) in [7, 11) is 1.64. The highest BCUT2D eigenvalue weighted by Crippen LogP contribution is 2.47. The summed E-state index contributed by atoms with van der Waals surface area (Å²) in [6, 6.07) is 11.0. The van der Waals surface area contributed by atoms with Crippen LogP contribution in [0.15, 0.2) is 48.8 Å². The molecule has 1 saturated heterocycles. The number of nitrogens with one attached hydrogen (secondary N) is 1. The molecule has 2 amide bonds. The fourth-order valence-electron chi connectivity index (χ4n) is 7.21. The Morgan fingerprint density at radius 1 is 1.00 bits per heavy atom. The minimum atomic E-state index is -0.633. The van der Waals surface area contributed by atoms with Gasteiger partial charge in [0.1, 0.15) is 35.2 Å². The molecular weight excluding hydrogens is 564 g/mol. The first-order chi connectivity index (χ1) is 21.1. The number of piperidine rings is 1. The summed E-state index contributed by atoms with van der Waals surface area (Å²) in [6.45, 7) is 6.25. The van der Waals surface area contributed by atoms with Crippen molar-refractivity contribution in [2.24, 2.45) is 11.3 Å². The molecule has 2 atom stereocenters. The van der Waals surface area contributed by atoms with Crippen molar-refractivity contribution in [1.29, 1.82) is 0 Å². The number of urea groups is 1. The number of aromatic nitrogens is 2. The lowest BCUT2D eigenvalue weighted by molar-refractivity contribution is 0.0762. The molecule has 2 aliphatic heterocycles. The molecule has 0 spiro atoms. The number of Topliss-reactive ketones (excluding diaryl/α,β-unsaturated/α-hetero) is 1. The Morgan fingerprint density at radius 2 is 1.75 bits per heavy atom. The molecule has 1 N–H and O–H groups in total. The number of carbonyl (C=O) groups excluding carboxylic acids is 2. The Bertz CT molecular complexity index is 1540. The van der Waals surface area contributed by atoms with Crippen LogP contribution in [0.3, 0.4) is 0 Å². The van der Waals surface area contributed by atoms with Crippen LogP contribution in [-0.4, -0.2) is 59.5 Å². The molecule has 2 aromatic carbocycles. The average Bonchev–Trinajstić information content (AvgIpc) is 3.17. The van der Waals surface area contributed by atoms with Crippen LogP contribution in [0.5, 0.6) is 5.75 Å². The summed E-state index contributed by atoms with van der Waals surface area (Å²) < 4.78 is 33.6. The summed E-state index contributed by atoms with van der Waals surface area (Å²) >= 11 is 0. The summed E-state index contributed by atoms with van der Waals surface area (Å²) in [5.41, 5.74) is 2.64. The molecule has 1 aromatic heterocycles. The van der Waals surface area contributed by atoms with Gasteiger partial charge in [-0.05, 0) is 91.3 Å². The molecule has 8 nitrogen and oxygen atoms in total. The van der Waals surface area contributed by atoms with Gasteiger partial charge < -0.3 is 19.9 Å². The number of anilines is 2. The zero-order valence-electron chi connectivity index (χ0n) is 25.5. The van der Waals surface area contributed by atoms with Crippen molar-refractivity contribution in [3.8, 4) is 5.75 Å². The van der Waals surface area contributed by atoms with Crippen LogP contribution in [0.1, 0.15) is 73.5 Å². The molecule has 6 rings (SSSR count). The monoisotopic (exact) mass is 603 g/mol. The van der Waals surface area contributed by atoms with Crippen molar-refractivity contribution < 1.29 is 23.1 Å². The van der Waals surface area contributed by atoms with Crippen LogP contribution in [-0.2, 0) is 6.42 Å². The van der Waals surface area contributed by atoms with Crippen molar-refractivity contribution in [2.75, 3.05) is 37.0 Å². The maximum Gasteiger partial charge on any atom is 0.322 e. The minimum Gasteiger partial charge on any atom is -0.497 e. The maximum absolute atomic E-state index is 14.1. The van der Waals surface area contributed by atoms with Crippen molar-refractivity contribution in [3.05, 3.63) is 77.2 Å². The molecule has 232 valence electrons. The largest absolute Gasteiger partial charge is 0.497 e. The first kappa shape index (κ1) is 30.0. The van der Waals surface area contributed by atoms with E-state index in [2.05, 4.69) is 34.0 Å². The average molecular weight is 604 g/mol. The second-order valence-corrected chi connectivity index (χ2v) is 13.1. The highest BCUT2D eigenvalue weighted by molar-refractivity contribution is 5.97. The van der Waals surface area contributed by atoms with Crippen LogP contribution in [0.2, 0.25) is 0 Å². The van der Waals surface area contributed by atoms with Crippen molar-refractivity contribution in [1.82, 2.24) is 14.9 Å². The van der Waals surface area contributed by atoms with E-state index in [4.69, 9.17) is 4.74 Å². The maximum atomic E-state index is 14.1. The normalized spacial score (nSPS) is 22.2. The molecule has 3 heterocycles. The quantitative estimate of drug-likeness (QED) is 0.319. The second-order valence-electron chi connectivity index (χ2n) is 13.1. The Kier molecular flexibility index (Phi) is 8.26. The number of amides is 2. The van der Waals surface area contributed by atoms with Gasteiger partial charge in [0, 0.05) is 49.4 Å². The van der Waals surface area contributed by atoms with E-state index in [1.54, 1.807) is 13.2 Å². The molecule has 10 heteroatoms. The molecule has 3 aliphatic rings. The van der Waals surface area contributed by atoms with Gasteiger partial charge in [0.15, 0.2) is 5.78 Å². The SMILES string of the molecule is COc1ccc2c(c1)CCN(C1CCN(c3cc(C(=O)C4CC(C)(C)CC[C@H]4c4cc(F)cc(F)c4)ncn3)CC1)C(=O)N2. The number of benzene rings is 2. The van der Waals surface area contributed by atoms with Crippen molar-refractivity contribution in [3.63, 3.8) is 0 Å². The third-order valence-electron chi connectivity index (χ3n) is 9.61. The number of hydrogen-bond acceptors (Lipinski definition) is 6. The van der Waals surface area contributed by atoms with Crippen molar-refractivity contribution in [2.45, 2.75) is 64.3 Å². The molecule has 44 heavy (non-hydrogen) atoms. The smallest absolute Gasteiger partial charge is 0.322 e. The molecule has 0 radical (unpaired) electrons. The molecule has 1 saturated carbocycles. The van der Waals surface area contributed by atoms with Crippen LogP contribution in [0.25, 0.3) is 0 Å². The third kappa shape index (κ3) is 6.25. The lowest BCUT2D eigenvalue weighted by atomic mass is 9.64. The molecular formula is C34H39F2N5O3. The highest BCUT2D eigenvalue weighted by Gasteiger charge is 2.41. The fraction of sp³-hybridized carbons (Fsp3) is 0.471. The number of fused-ring (bicyclic) bond motifs is 1. The summed E-state index contributed by atoms with van der Waals surface area (Å²) in [6.07, 6.45) is 5.83. The van der Waals surface area contributed by atoms with Crippen LogP contribution < -0.4 is 15.0 Å². The van der Waals surface area contributed by atoms with Crippen LogP contribution in [0, 0.1) is 23.0 Å². The topological polar surface area (TPSA) is 87.7 Å². The lowest BCUT2D eigenvalue weighted by Crippen LogP contribution is -2.49. The number of halogens is 2. The highest BCUT2D eigenvalue weighted by atomic mass is 19.1. The number of ether oxygens (including phenoxy) is 1. The Balaban J connectivity index is 1.14. The first-order valence-electron chi connectivity index (χ1n) is 15.4. The summed E-state index contributed by atoms with van der Waals surface area (Å²) in [4.78, 5) is 40.0. The second kappa shape index (κ2) is 12.1. The predicted octanol–water partition coefficient (Wildman–Crippen LogP) is 6.62. The third-order valence-corrected chi connectivity index (χ3v) is 9.61. The van der Waals surface area contributed by atoms with Crippen molar-refractivity contribution >= 4 is 23.3 Å². The zero-order valence-corrected chi connectivity index (χ0v) is 25.5. The van der Waals surface area contributed by atoms with E-state index in [9.17, 15) is 18.4 Å². The standard InChI is InChI=1S/C34H39F2N5O3/c1-34(2)10-6-27(22-14-23(35)17-24(36)15-22)28(19-34)32(42)30-18-31(38-20-37-30)40-11-8-25(9-12-40)41-13-7-21-16-26(44-3)4-5-29(21)39-33(41)43/h4-5,14-18,20,25,27-28H,6-13,19H2,1-3H3,(H,39,43)/t27-,28?/m0/s1. The van der Waals surface area contributed by atoms with Gasteiger partial charge in [0.05, 0.1) is 7.11 Å². The van der Waals surface area contributed by atoms with E-state index >= 15 is 0 Å². The summed E-state index contributed by atoms with van der Waals surface area (Å²) in [5.74, 6) is -0.681. The predicted molar refractivity (Wildman–Crippen MR) is 164 cm³/mol. The molecule has 1 aliphatic carbocycles. The Hall–Kier alpha value is -4.08. The molecule has 0 bridgehead atoms. The number of nitrogens with zero attached hydrogens (tertiary/aromatic N) is 4. The fourth-order valence-corrected chi connectivity index (χ4v) is 7.21. The minimum absolute atomic E-state index is 0.0759. The van der Waals surface area contributed by atoms with Gasteiger partial charge >= 0.3 is 6.03 Å². The first-order valence-corrected chi connectivity index (χ1v) is 15.4.